The molecule has 0 fully saturated rings. The third-order valence-electron chi connectivity index (χ3n) is 6.67. The van der Waals surface area contributed by atoms with Crippen LogP contribution in [0, 0.1) is 30.7 Å². The van der Waals surface area contributed by atoms with Gasteiger partial charge in [-0.15, -0.1) is 30.7 Å². The normalized spacial score (nSPS) is 9.89. The second kappa shape index (κ2) is 42.4. The van der Waals surface area contributed by atoms with Crippen LogP contribution in [0.3, 0.4) is 0 Å². The fraction of sp³-hybridized carbons (Fsp3) is 0.158. The van der Waals surface area contributed by atoms with Crippen molar-refractivity contribution in [3.63, 3.8) is 0 Å². The Kier molecular flexibility index (Phi) is 44.6. The summed E-state index contributed by atoms with van der Waals surface area (Å²) in [6, 6.07) is 34.1. The summed E-state index contributed by atoms with van der Waals surface area (Å²) in [7, 11) is -14.8. The number of carbonyl (C=O) groups excluding carboxylic acids is 2. The van der Waals surface area contributed by atoms with Crippen LogP contribution in [-0.2, 0) is 78.9 Å². The number of amides is 4. The predicted molar refractivity (Wildman–Crippen MR) is 203 cm³/mol. The molecule has 0 saturated carbocycles. The smallest absolute Gasteiger partial charge is 2.00 e. The molecular formula is C38H45Cl3Fe2N12O16. The third-order valence-corrected chi connectivity index (χ3v) is 6.67. The molecule has 2 radical (unpaired) electrons. The third kappa shape index (κ3) is 57.2. The van der Waals surface area contributed by atoms with Gasteiger partial charge in [-0.05, 0) is 72.8 Å². The molecule has 0 aromatic carbocycles. The van der Waals surface area contributed by atoms with Crippen molar-refractivity contribution in [1.29, 1.82) is 0 Å². The first-order valence-electron chi connectivity index (χ1n) is 18.0. The molecule has 28 nitrogen and oxygen atoms in total. The van der Waals surface area contributed by atoms with Gasteiger partial charge in [-0.3, -0.25) is 44.5 Å². The van der Waals surface area contributed by atoms with Gasteiger partial charge in [-0.25, -0.2) is 60.7 Å². The average molecular weight is 1140 g/mol. The van der Waals surface area contributed by atoms with Crippen LogP contribution in [0.25, 0.3) is 5.73 Å². The van der Waals surface area contributed by atoms with Gasteiger partial charge in [-0.2, -0.15) is 0 Å². The molecule has 0 saturated heterocycles. The summed E-state index contributed by atoms with van der Waals surface area (Å²) in [5, 5.41) is 0. The minimum Gasteiger partial charge on any atom is -2.00 e. The number of nitrogens with one attached hydrogen (secondary N) is 1. The molecule has 0 unspecified atom stereocenters. The maximum atomic E-state index is 9.00. The second-order valence-corrected chi connectivity index (χ2v) is 14.4. The predicted octanol–water partition coefficient (Wildman–Crippen LogP) is -9.93. The average Bonchev–Trinajstić information content (AvgIpc) is 3.21. The number of nitrogens with zero attached hydrogens (tertiary/aromatic N) is 8. The SMILES string of the molecule is NC(N)=O.O.[Fe+3].[Fe+3].[NH-]C(N)=O.[O-2].[O-][Cl+3]([O-])([O-])[O-].[O-][Cl+3]([O-])([O-])[O-].[O-][Cl+3]([O-])([O-])[O-].c1ccc(CN(Cc2ccccn2)Cc2ccccn2)nc1.c1ccc(CN(Cc2ccccn2)Cc2ccccn2)nc1. The molecule has 6 heterocycles. The molecule has 0 spiro atoms. The zero-order valence-corrected chi connectivity index (χ0v) is 40.8. The Hall–Kier alpha value is -5.29. The van der Waals surface area contributed by atoms with Crippen molar-refractivity contribution >= 4 is 12.1 Å². The van der Waals surface area contributed by atoms with E-state index in [2.05, 4.69) is 56.9 Å². The van der Waals surface area contributed by atoms with Gasteiger partial charge < -0.3 is 33.9 Å². The van der Waals surface area contributed by atoms with Crippen LogP contribution in [0.1, 0.15) is 34.2 Å². The fourth-order valence-electron chi connectivity index (χ4n) is 4.66. The molecule has 33 heteroatoms. The number of pyridine rings is 6. The van der Waals surface area contributed by atoms with E-state index in [-0.39, 0.29) is 45.1 Å². The maximum Gasteiger partial charge on any atom is 3.00 e. The molecule has 0 aliphatic rings. The molecular weight excluding hydrogens is 1100 g/mol. The minimum atomic E-state index is -4.94. The van der Waals surface area contributed by atoms with Crippen LogP contribution >= 0.6 is 0 Å². The van der Waals surface area contributed by atoms with E-state index in [1.54, 1.807) is 0 Å². The standard InChI is InChI=1S/2C18H18N4.2CH4N2O.3ClHO4.2Fe.H2O.O/c2*1-4-10-19-16(7-1)13-22(14-17-8-2-5-11-20-17)15-18-9-3-6-12-21-18;2*2-1(3)4;3*2-1(3,4)5;;;;/h2*1-12H,13-15H2;2*(H4,2,3,4);3*(H,2,3,4,5);;;1H2;/q;;;;;;;2*+3;;-2/p-4. The van der Waals surface area contributed by atoms with Crippen molar-refractivity contribution in [2.24, 2.45) is 17.2 Å². The van der Waals surface area contributed by atoms with Gasteiger partial charge in [0.2, 0.25) is 0 Å². The molecule has 0 aliphatic heterocycles. The van der Waals surface area contributed by atoms with E-state index in [0.29, 0.717) is 0 Å². The number of hydrogen-bond acceptors (Lipinski definition) is 22. The number of hydrogen-bond donors (Lipinski definition) is 3. The first-order chi connectivity index (χ1) is 31.3. The Labute approximate surface area is 433 Å². The first-order valence-corrected chi connectivity index (χ1v) is 21.7. The van der Waals surface area contributed by atoms with Crippen molar-refractivity contribution in [2.45, 2.75) is 39.3 Å². The van der Waals surface area contributed by atoms with Crippen LogP contribution in [-0.4, -0.2) is 57.2 Å². The molecule has 390 valence electrons. The van der Waals surface area contributed by atoms with Crippen LogP contribution in [0.2, 0.25) is 0 Å². The second-order valence-electron chi connectivity index (χ2n) is 12.1. The Bertz CT molecular complexity index is 1770. The summed E-state index contributed by atoms with van der Waals surface area (Å²) in [6.45, 7) is 4.63. The molecule has 4 amide bonds. The quantitative estimate of drug-likeness (QED) is 0.0958. The zero-order chi connectivity index (χ0) is 50.7. The van der Waals surface area contributed by atoms with E-state index in [0.717, 1.165) is 73.4 Å². The number of carbonyl (C=O) groups is 2. The van der Waals surface area contributed by atoms with Crippen LogP contribution in [0.4, 0.5) is 9.59 Å². The molecule has 0 aliphatic carbocycles. The Morgan fingerprint density at radius 2 is 0.507 bits per heavy atom. The summed E-state index contributed by atoms with van der Waals surface area (Å²) < 4.78 is 102. The van der Waals surface area contributed by atoms with Crippen molar-refractivity contribution in [2.75, 3.05) is 0 Å². The van der Waals surface area contributed by atoms with Gasteiger partial charge in [0.05, 0.1) is 34.2 Å². The van der Waals surface area contributed by atoms with Gasteiger partial charge in [0.1, 0.15) is 6.03 Å². The molecule has 6 aromatic rings. The molecule has 6 aromatic heterocycles. The van der Waals surface area contributed by atoms with E-state index < -0.39 is 42.8 Å². The van der Waals surface area contributed by atoms with Crippen LogP contribution in [0.15, 0.2) is 146 Å². The number of nitrogens with two attached hydrogens (primary N) is 3. The molecule has 0 bridgehead atoms. The molecule has 0 atom stereocenters. The summed E-state index contributed by atoms with van der Waals surface area (Å²) >= 11 is 0. The van der Waals surface area contributed by atoms with Gasteiger partial charge in [-0.1, -0.05) is 36.4 Å². The van der Waals surface area contributed by atoms with Crippen molar-refractivity contribution in [3.05, 3.63) is 186 Å². The monoisotopic (exact) mass is 1140 g/mol. The topological polar surface area (TPSA) is 557 Å². The van der Waals surface area contributed by atoms with Crippen molar-refractivity contribution < 1.29 is 141 Å². The van der Waals surface area contributed by atoms with Crippen LogP contribution < -0.4 is 73.1 Å². The van der Waals surface area contributed by atoms with E-state index >= 15 is 0 Å². The number of halogens is 3. The maximum absolute atomic E-state index is 9.00. The van der Waals surface area contributed by atoms with E-state index in [9.17, 15) is 0 Å². The van der Waals surface area contributed by atoms with Gasteiger partial charge in [0.25, 0.3) is 0 Å². The van der Waals surface area contributed by atoms with Crippen molar-refractivity contribution in [3.8, 4) is 0 Å². The number of urea groups is 2. The number of aromatic nitrogens is 6. The minimum absolute atomic E-state index is 0. The zero-order valence-electron chi connectivity index (χ0n) is 36.4. The Morgan fingerprint density at radius 1 is 0.394 bits per heavy atom. The van der Waals surface area contributed by atoms with E-state index in [4.69, 9.17) is 71.2 Å². The Balaban J connectivity index is -0.000000275. The fourth-order valence-corrected chi connectivity index (χ4v) is 4.66. The molecule has 6 rings (SSSR count). The first kappa shape index (κ1) is 74.7. The number of rotatable bonds is 12. The van der Waals surface area contributed by atoms with E-state index in [1.165, 1.54) is 0 Å². The molecule has 9 N–H and O–H groups in total. The van der Waals surface area contributed by atoms with E-state index in [1.807, 2.05) is 146 Å². The van der Waals surface area contributed by atoms with Gasteiger partial charge >= 0.3 is 40.2 Å². The summed E-state index contributed by atoms with van der Waals surface area (Å²) in [6.07, 6.45) is 11.0. The van der Waals surface area contributed by atoms with Crippen molar-refractivity contribution in [1.82, 2.24) is 39.7 Å². The Morgan fingerprint density at radius 3 is 0.592 bits per heavy atom. The summed E-state index contributed by atoms with van der Waals surface area (Å²) in [4.78, 5) is 49.0. The summed E-state index contributed by atoms with van der Waals surface area (Å²) in [5.74, 6) is 0. The number of primary amides is 3. The summed E-state index contributed by atoms with van der Waals surface area (Å²) in [5.41, 5.74) is 24.7. The van der Waals surface area contributed by atoms with Gasteiger partial charge in [0, 0.05) is 76.4 Å². The largest absolute Gasteiger partial charge is 3.00 e. The molecule has 71 heavy (non-hydrogen) atoms. The van der Waals surface area contributed by atoms with Gasteiger partial charge in [0.15, 0.2) is 0 Å². The van der Waals surface area contributed by atoms with Crippen LogP contribution in [0.5, 0.6) is 0 Å².